The van der Waals surface area contributed by atoms with E-state index in [1.54, 1.807) is 30.3 Å². The molecule has 0 spiro atoms. The van der Waals surface area contributed by atoms with Gasteiger partial charge in [-0.05, 0) is 5.56 Å². The predicted octanol–water partition coefficient (Wildman–Crippen LogP) is 0.436. The summed E-state index contributed by atoms with van der Waals surface area (Å²) >= 11 is 0. The summed E-state index contributed by atoms with van der Waals surface area (Å²) in [5.41, 5.74) is 5.40. The Morgan fingerprint density at radius 1 is 1.29 bits per heavy atom. The van der Waals surface area contributed by atoms with Gasteiger partial charge in [-0.2, -0.15) is 0 Å². The number of carbonyl (C=O) groups is 2. The van der Waals surface area contributed by atoms with E-state index in [4.69, 9.17) is 10.8 Å². The van der Waals surface area contributed by atoms with E-state index < -0.39 is 27.9 Å². The van der Waals surface area contributed by atoms with Crippen LogP contribution in [0.5, 0.6) is 0 Å². The first-order valence-corrected chi connectivity index (χ1v) is 6.34. The largest absolute Gasteiger partial charge is 0.480 e. The van der Waals surface area contributed by atoms with Crippen LogP contribution in [0, 0.1) is 0 Å². The first-order chi connectivity index (χ1) is 8.02. The van der Waals surface area contributed by atoms with Crippen LogP contribution in [-0.2, 0) is 20.4 Å². The van der Waals surface area contributed by atoms with Gasteiger partial charge in [-0.1, -0.05) is 30.3 Å². The Kier molecular flexibility index (Phi) is 4.84. The van der Waals surface area contributed by atoms with Crippen molar-refractivity contribution in [3.8, 4) is 0 Å². The first kappa shape index (κ1) is 13.4. The number of carboxylic acid groups (broad SMARTS) is 1. The fraction of sp³-hybridized carbons (Fsp3) is 0.273. The van der Waals surface area contributed by atoms with Crippen LogP contribution in [0.1, 0.15) is 17.2 Å². The summed E-state index contributed by atoms with van der Waals surface area (Å²) in [5, 5.41) is 7.94. The summed E-state index contributed by atoms with van der Waals surface area (Å²) < 4.78 is 11.8. The van der Waals surface area contributed by atoms with Gasteiger partial charge < -0.3 is 10.8 Å². The Labute approximate surface area is 101 Å². The van der Waals surface area contributed by atoms with Gasteiger partial charge in [-0.3, -0.25) is 13.8 Å². The molecular formula is C11H13NO4S. The molecule has 0 fully saturated rings. The molecule has 1 aromatic rings. The van der Waals surface area contributed by atoms with E-state index >= 15 is 0 Å². The van der Waals surface area contributed by atoms with E-state index in [1.165, 1.54) is 0 Å². The van der Waals surface area contributed by atoms with Gasteiger partial charge >= 0.3 is 5.97 Å². The highest BCUT2D eigenvalue weighted by Crippen LogP contribution is 2.20. The highest BCUT2D eigenvalue weighted by atomic mass is 32.2. The minimum atomic E-state index is -1.66. The van der Waals surface area contributed by atoms with Crippen molar-refractivity contribution in [2.24, 2.45) is 5.73 Å². The second-order valence-electron chi connectivity index (χ2n) is 3.43. The Morgan fingerprint density at radius 3 is 2.35 bits per heavy atom. The molecule has 1 amide bonds. The third-order valence-electron chi connectivity index (χ3n) is 2.14. The summed E-state index contributed by atoms with van der Waals surface area (Å²) in [6.45, 7) is 0. The van der Waals surface area contributed by atoms with Crippen LogP contribution in [-0.4, -0.2) is 26.9 Å². The smallest absolute Gasteiger partial charge is 0.323 e. The molecule has 0 radical (unpaired) electrons. The van der Waals surface area contributed by atoms with Crippen molar-refractivity contribution < 1.29 is 18.9 Å². The average molecular weight is 255 g/mol. The lowest BCUT2D eigenvalue weighted by molar-refractivity contribution is -0.136. The normalized spacial score (nSPS) is 13.9. The molecule has 0 saturated carbocycles. The number of rotatable bonds is 6. The monoisotopic (exact) mass is 255 g/mol. The highest BCUT2D eigenvalue weighted by Gasteiger charge is 2.26. The van der Waals surface area contributed by atoms with Crippen molar-refractivity contribution in [3.63, 3.8) is 0 Å². The molecule has 92 valence electrons. The molecule has 0 aromatic heterocycles. The highest BCUT2D eigenvalue weighted by molar-refractivity contribution is 7.86. The van der Waals surface area contributed by atoms with Crippen molar-refractivity contribution in [1.82, 2.24) is 0 Å². The van der Waals surface area contributed by atoms with E-state index in [2.05, 4.69) is 0 Å². The van der Waals surface area contributed by atoms with Crippen molar-refractivity contribution in [3.05, 3.63) is 35.9 Å². The third-order valence-corrected chi connectivity index (χ3v) is 3.75. The van der Waals surface area contributed by atoms with Crippen molar-refractivity contribution in [2.45, 2.75) is 11.7 Å². The van der Waals surface area contributed by atoms with Crippen LogP contribution in [0.4, 0.5) is 0 Å². The van der Waals surface area contributed by atoms with Gasteiger partial charge in [0, 0.05) is 23.0 Å². The summed E-state index contributed by atoms with van der Waals surface area (Å²) in [7, 11) is -1.66. The topological polar surface area (TPSA) is 97.5 Å². The fourth-order valence-corrected chi connectivity index (χ4v) is 2.68. The zero-order valence-electron chi connectivity index (χ0n) is 9.04. The SMILES string of the molecule is NC(=O)CCS(=O)C(C(=O)O)c1ccccc1. The van der Waals surface area contributed by atoms with Crippen LogP contribution < -0.4 is 5.73 Å². The molecule has 2 atom stereocenters. The van der Waals surface area contributed by atoms with Crippen molar-refractivity contribution in [2.75, 3.05) is 5.75 Å². The van der Waals surface area contributed by atoms with E-state index in [0.717, 1.165) is 0 Å². The number of nitrogens with two attached hydrogens (primary N) is 1. The molecule has 5 nitrogen and oxygen atoms in total. The zero-order chi connectivity index (χ0) is 12.8. The molecule has 0 heterocycles. The lowest BCUT2D eigenvalue weighted by Crippen LogP contribution is -2.22. The Balaban J connectivity index is 2.84. The molecule has 0 aliphatic rings. The number of primary amides is 1. The maximum atomic E-state index is 11.8. The van der Waals surface area contributed by atoms with E-state index in [1.807, 2.05) is 0 Å². The third kappa shape index (κ3) is 3.99. The molecule has 1 aromatic carbocycles. The Hall–Kier alpha value is -1.69. The van der Waals surface area contributed by atoms with Crippen molar-refractivity contribution >= 4 is 22.7 Å². The lowest BCUT2D eigenvalue weighted by Gasteiger charge is -2.11. The Bertz CT molecular complexity index is 432. The Morgan fingerprint density at radius 2 is 1.88 bits per heavy atom. The van der Waals surface area contributed by atoms with Gasteiger partial charge in [-0.25, -0.2) is 0 Å². The molecule has 0 saturated heterocycles. The van der Waals surface area contributed by atoms with Crippen LogP contribution in [0.3, 0.4) is 0 Å². The standard InChI is InChI=1S/C11H13NO4S/c12-9(13)6-7-17(16)10(11(14)15)8-4-2-1-3-5-8/h1-5,10H,6-7H2,(H2,12,13)(H,14,15). The van der Waals surface area contributed by atoms with Crippen LogP contribution in [0.25, 0.3) is 0 Å². The van der Waals surface area contributed by atoms with Crippen LogP contribution in [0.2, 0.25) is 0 Å². The van der Waals surface area contributed by atoms with Gasteiger partial charge in [0.15, 0.2) is 5.25 Å². The molecule has 0 bridgehead atoms. The van der Waals surface area contributed by atoms with E-state index in [9.17, 15) is 13.8 Å². The number of carboxylic acids is 1. The lowest BCUT2D eigenvalue weighted by atomic mass is 10.1. The zero-order valence-corrected chi connectivity index (χ0v) is 9.85. The van der Waals surface area contributed by atoms with Gasteiger partial charge in [0.25, 0.3) is 0 Å². The molecule has 17 heavy (non-hydrogen) atoms. The molecular weight excluding hydrogens is 242 g/mol. The molecule has 3 N–H and O–H groups in total. The maximum Gasteiger partial charge on any atom is 0.323 e. The second kappa shape index (κ2) is 6.15. The van der Waals surface area contributed by atoms with Gasteiger partial charge in [0.2, 0.25) is 5.91 Å². The van der Waals surface area contributed by atoms with Gasteiger partial charge in [0.05, 0.1) is 0 Å². The van der Waals surface area contributed by atoms with Gasteiger partial charge in [-0.15, -0.1) is 0 Å². The first-order valence-electron chi connectivity index (χ1n) is 4.95. The number of benzene rings is 1. The number of hydrogen-bond donors (Lipinski definition) is 2. The summed E-state index contributed by atoms with van der Waals surface area (Å²) in [6.07, 6.45) is -0.0801. The van der Waals surface area contributed by atoms with Crippen LogP contribution >= 0.6 is 0 Å². The number of hydrogen-bond acceptors (Lipinski definition) is 3. The van der Waals surface area contributed by atoms with Crippen molar-refractivity contribution in [1.29, 1.82) is 0 Å². The number of aliphatic carboxylic acids is 1. The quantitative estimate of drug-likeness (QED) is 0.770. The average Bonchev–Trinajstić information content (AvgIpc) is 2.27. The minimum Gasteiger partial charge on any atom is -0.480 e. The molecule has 0 aliphatic carbocycles. The fourth-order valence-electron chi connectivity index (χ4n) is 1.35. The minimum absolute atomic E-state index is 0.0405. The van der Waals surface area contributed by atoms with Crippen LogP contribution in [0.15, 0.2) is 30.3 Å². The predicted molar refractivity (Wildman–Crippen MR) is 63.6 cm³/mol. The van der Waals surface area contributed by atoms with E-state index in [-0.39, 0.29) is 12.2 Å². The van der Waals surface area contributed by atoms with E-state index in [0.29, 0.717) is 5.56 Å². The molecule has 0 aliphatic heterocycles. The molecule has 6 heteroatoms. The molecule has 2 unspecified atom stereocenters. The maximum absolute atomic E-state index is 11.8. The second-order valence-corrected chi connectivity index (χ2v) is 5.07. The number of amides is 1. The van der Waals surface area contributed by atoms with Gasteiger partial charge in [0.1, 0.15) is 0 Å². The summed E-state index contributed by atoms with van der Waals surface area (Å²) in [6, 6.07) is 8.30. The summed E-state index contributed by atoms with van der Waals surface area (Å²) in [4.78, 5) is 21.6. The summed E-state index contributed by atoms with van der Waals surface area (Å²) in [5.74, 6) is -1.80. The number of carbonyl (C=O) groups excluding carboxylic acids is 1. The molecule has 1 rings (SSSR count).